The van der Waals surface area contributed by atoms with Gasteiger partial charge in [0.2, 0.25) is 5.91 Å². The van der Waals surface area contributed by atoms with Crippen molar-refractivity contribution in [3.05, 3.63) is 48.0 Å². The molecular weight excluding hydrogens is 438 g/mol. The van der Waals surface area contributed by atoms with Gasteiger partial charge in [0.05, 0.1) is 5.92 Å². The smallest absolute Gasteiger partial charge is 0.227 e. The quantitative estimate of drug-likeness (QED) is 0.580. The van der Waals surface area contributed by atoms with Gasteiger partial charge < -0.3 is 14.4 Å². The number of amides is 1. The number of hydrogen-bond donors (Lipinski definition) is 0. The van der Waals surface area contributed by atoms with E-state index < -0.39 is 0 Å². The first-order chi connectivity index (χ1) is 17.3. The van der Waals surface area contributed by atoms with E-state index in [0.717, 1.165) is 94.4 Å². The number of carbonyl (C=O) groups is 1. The molecule has 0 bridgehead atoms. The van der Waals surface area contributed by atoms with Crippen LogP contribution >= 0.6 is 0 Å². The molecule has 5 heterocycles. The van der Waals surface area contributed by atoms with Crippen molar-refractivity contribution in [1.29, 1.82) is 0 Å². The van der Waals surface area contributed by atoms with Gasteiger partial charge >= 0.3 is 0 Å². The summed E-state index contributed by atoms with van der Waals surface area (Å²) >= 11 is 0. The van der Waals surface area contributed by atoms with Crippen LogP contribution in [0, 0.1) is 5.92 Å². The predicted molar refractivity (Wildman–Crippen MR) is 136 cm³/mol. The zero-order valence-corrected chi connectivity index (χ0v) is 20.5. The highest BCUT2D eigenvalue weighted by atomic mass is 16.2. The van der Waals surface area contributed by atoms with Crippen LogP contribution < -0.4 is 4.90 Å². The Hall–Kier alpha value is -3.00. The van der Waals surface area contributed by atoms with Crippen LogP contribution in [0.25, 0.3) is 11.2 Å². The lowest BCUT2D eigenvalue weighted by molar-refractivity contribution is -0.137. The molecule has 35 heavy (non-hydrogen) atoms. The highest BCUT2D eigenvalue weighted by molar-refractivity contribution is 5.85. The van der Waals surface area contributed by atoms with E-state index in [4.69, 9.17) is 4.98 Å². The minimum Gasteiger partial charge on any atom is -0.354 e. The maximum atomic E-state index is 13.5. The molecule has 0 aliphatic carbocycles. The Kier molecular flexibility index (Phi) is 6.37. The summed E-state index contributed by atoms with van der Waals surface area (Å²) in [5.74, 6) is 2.37. The van der Waals surface area contributed by atoms with Gasteiger partial charge in [-0.25, -0.2) is 15.0 Å². The number of fused-ring (bicyclic) bond motifs is 3. The van der Waals surface area contributed by atoms with Crippen molar-refractivity contribution in [2.75, 3.05) is 44.2 Å². The topological polar surface area (TPSA) is 70.4 Å². The monoisotopic (exact) mass is 473 g/mol. The molecule has 1 amide bonds. The second-order valence-electron chi connectivity index (χ2n) is 10.2. The molecule has 0 N–H and O–H groups in total. The van der Waals surface area contributed by atoms with Crippen LogP contribution in [0.3, 0.4) is 0 Å². The third-order valence-corrected chi connectivity index (χ3v) is 7.88. The van der Waals surface area contributed by atoms with Gasteiger partial charge in [-0.05, 0) is 31.2 Å². The van der Waals surface area contributed by atoms with E-state index in [1.54, 1.807) is 6.33 Å². The molecule has 1 atom stereocenters. The third kappa shape index (κ3) is 4.63. The van der Waals surface area contributed by atoms with Gasteiger partial charge in [0, 0.05) is 58.8 Å². The van der Waals surface area contributed by atoms with Crippen molar-refractivity contribution < 1.29 is 4.79 Å². The first-order valence-corrected chi connectivity index (χ1v) is 13.3. The van der Waals surface area contributed by atoms with Gasteiger partial charge in [0.15, 0.2) is 17.0 Å². The van der Waals surface area contributed by atoms with E-state index in [1.807, 2.05) is 0 Å². The van der Waals surface area contributed by atoms with Crippen molar-refractivity contribution >= 4 is 22.9 Å². The first kappa shape index (κ1) is 22.5. The Morgan fingerprint density at radius 1 is 0.914 bits per heavy atom. The Labute approximate surface area is 207 Å². The number of piperidine rings is 1. The van der Waals surface area contributed by atoms with Crippen molar-refractivity contribution in [1.82, 2.24) is 29.3 Å². The van der Waals surface area contributed by atoms with Gasteiger partial charge in [-0.3, -0.25) is 9.69 Å². The van der Waals surface area contributed by atoms with Gasteiger partial charge in [0.25, 0.3) is 0 Å². The van der Waals surface area contributed by atoms with Crippen molar-refractivity contribution in [2.24, 2.45) is 5.92 Å². The molecule has 8 heteroatoms. The lowest BCUT2D eigenvalue weighted by Crippen LogP contribution is -2.52. The first-order valence-electron chi connectivity index (χ1n) is 13.3. The van der Waals surface area contributed by atoms with E-state index >= 15 is 0 Å². The number of carbonyl (C=O) groups excluding carboxylic acids is 1. The molecule has 8 nitrogen and oxygen atoms in total. The fourth-order valence-electron chi connectivity index (χ4n) is 5.95. The fraction of sp³-hybridized carbons (Fsp3) is 0.556. The molecule has 0 saturated carbocycles. The molecule has 184 valence electrons. The highest BCUT2D eigenvalue weighted by Gasteiger charge is 2.32. The summed E-state index contributed by atoms with van der Waals surface area (Å²) < 4.78 is 2.29. The van der Waals surface area contributed by atoms with Crippen molar-refractivity contribution in [3.63, 3.8) is 0 Å². The van der Waals surface area contributed by atoms with Crippen LogP contribution in [0.1, 0.15) is 43.5 Å². The van der Waals surface area contributed by atoms with Crippen LogP contribution in [0.5, 0.6) is 0 Å². The Morgan fingerprint density at radius 3 is 2.63 bits per heavy atom. The number of rotatable bonds is 4. The molecule has 2 aromatic heterocycles. The molecule has 0 unspecified atom stereocenters. The lowest BCUT2D eigenvalue weighted by atomic mass is 9.96. The number of benzene rings is 1. The SMILES string of the molecule is O=C([C@H]1CCCN(c2ncnc3c2nc2n3CCCCC2)C1)N1CCN(Cc2ccccc2)CC1. The van der Waals surface area contributed by atoms with Gasteiger partial charge in [-0.2, -0.15) is 0 Å². The van der Waals surface area contributed by atoms with Crippen molar-refractivity contribution in [2.45, 2.75) is 51.6 Å². The summed E-state index contributed by atoms with van der Waals surface area (Å²) in [7, 11) is 0. The van der Waals surface area contributed by atoms with E-state index in [2.05, 4.69) is 59.6 Å². The number of piperazine rings is 1. The average Bonchev–Trinajstić information content (AvgIpc) is 3.10. The Balaban J connectivity index is 1.12. The normalized spacial score (nSPS) is 21.7. The van der Waals surface area contributed by atoms with Crippen molar-refractivity contribution in [3.8, 4) is 0 Å². The van der Waals surface area contributed by atoms with E-state index in [1.165, 1.54) is 24.8 Å². The molecule has 1 aromatic carbocycles. The predicted octanol–water partition coefficient (Wildman–Crippen LogP) is 3.11. The lowest BCUT2D eigenvalue weighted by Gasteiger charge is -2.39. The van der Waals surface area contributed by atoms with E-state index in [0.29, 0.717) is 5.91 Å². The molecule has 2 fully saturated rings. The molecule has 3 aliphatic rings. The van der Waals surface area contributed by atoms with Gasteiger partial charge in [-0.1, -0.05) is 36.8 Å². The zero-order valence-electron chi connectivity index (χ0n) is 20.5. The Bertz CT molecular complexity index is 1170. The Morgan fingerprint density at radius 2 is 1.77 bits per heavy atom. The van der Waals surface area contributed by atoms with Crippen LogP contribution in [0.15, 0.2) is 36.7 Å². The van der Waals surface area contributed by atoms with Gasteiger partial charge in [-0.15, -0.1) is 0 Å². The third-order valence-electron chi connectivity index (χ3n) is 7.88. The average molecular weight is 474 g/mol. The maximum Gasteiger partial charge on any atom is 0.227 e. The highest BCUT2D eigenvalue weighted by Crippen LogP contribution is 2.30. The van der Waals surface area contributed by atoms with Gasteiger partial charge in [0.1, 0.15) is 12.2 Å². The van der Waals surface area contributed by atoms with Crippen LogP contribution in [-0.2, 0) is 24.3 Å². The van der Waals surface area contributed by atoms with Crippen LogP contribution in [-0.4, -0.2) is 74.5 Å². The second kappa shape index (κ2) is 9.93. The zero-order chi connectivity index (χ0) is 23.6. The fourth-order valence-corrected chi connectivity index (χ4v) is 5.95. The molecule has 3 aliphatic heterocycles. The summed E-state index contributed by atoms with van der Waals surface area (Å²) in [5, 5.41) is 0. The largest absolute Gasteiger partial charge is 0.354 e. The molecule has 2 saturated heterocycles. The number of nitrogens with zero attached hydrogens (tertiary/aromatic N) is 7. The summed E-state index contributed by atoms with van der Waals surface area (Å²) in [5.41, 5.74) is 3.20. The molecule has 0 spiro atoms. The summed E-state index contributed by atoms with van der Waals surface area (Å²) in [6.07, 6.45) is 8.25. The standard InChI is InChI=1S/C27H35N7O/c35-27(32-16-14-31(15-17-32)18-21-8-3-1-4-9-21)22-10-7-12-33(19-22)25-24-26(29-20-28-25)34-13-6-2-5-11-23(34)30-24/h1,3-4,8-9,20,22H,2,5-7,10-19H2/t22-/m0/s1. The summed E-state index contributed by atoms with van der Waals surface area (Å²) in [6, 6.07) is 10.6. The number of hydrogen-bond acceptors (Lipinski definition) is 6. The molecule has 3 aromatic rings. The van der Waals surface area contributed by atoms with Crippen LogP contribution in [0.4, 0.5) is 5.82 Å². The number of aryl methyl sites for hydroxylation is 2. The number of aromatic nitrogens is 4. The minimum absolute atomic E-state index is 0.0230. The van der Waals surface area contributed by atoms with E-state index in [9.17, 15) is 4.79 Å². The molecular formula is C27H35N7O. The number of imidazole rings is 1. The molecule has 6 rings (SSSR count). The number of anilines is 1. The summed E-state index contributed by atoms with van der Waals surface area (Å²) in [4.78, 5) is 34.6. The maximum absolute atomic E-state index is 13.5. The van der Waals surface area contributed by atoms with E-state index in [-0.39, 0.29) is 5.92 Å². The van der Waals surface area contributed by atoms with Crippen LogP contribution in [0.2, 0.25) is 0 Å². The second-order valence-corrected chi connectivity index (χ2v) is 10.2. The summed E-state index contributed by atoms with van der Waals surface area (Å²) in [6.45, 7) is 7.08. The minimum atomic E-state index is 0.0230. The molecule has 0 radical (unpaired) electrons.